The van der Waals surface area contributed by atoms with E-state index in [0.717, 1.165) is 31.4 Å². The molecule has 22 heavy (non-hydrogen) atoms. The van der Waals surface area contributed by atoms with E-state index in [1.165, 1.54) is 0 Å². The summed E-state index contributed by atoms with van der Waals surface area (Å²) in [5, 5.41) is 9.86. The summed E-state index contributed by atoms with van der Waals surface area (Å²) in [6, 6.07) is 5.71. The molecular formula is C16H21ClN2O3. The number of unbranched alkanes of at least 4 members (excludes halogenated alkanes) is 1. The minimum absolute atomic E-state index is 0.0260. The van der Waals surface area contributed by atoms with Crippen molar-refractivity contribution < 1.29 is 14.6 Å². The van der Waals surface area contributed by atoms with Gasteiger partial charge in [-0.1, -0.05) is 17.7 Å². The number of ether oxygens (including phenoxy) is 2. The van der Waals surface area contributed by atoms with Gasteiger partial charge in [0.1, 0.15) is 18.2 Å². The predicted octanol–water partition coefficient (Wildman–Crippen LogP) is 3.03. The standard InChI is InChI=1S/C16H21ClN2O3/c1-21-12-22-14-6-5-13(15(17)10-14)4-2-3-8-19-9-7-18-16(19)11-20/h5-7,9-10,20H,2-4,8,11-12H2,1H3. The maximum Gasteiger partial charge on any atom is 0.188 e. The van der Waals surface area contributed by atoms with E-state index in [2.05, 4.69) is 4.98 Å². The van der Waals surface area contributed by atoms with E-state index in [9.17, 15) is 0 Å². The molecule has 2 rings (SSSR count). The third-order valence-corrected chi connectivity index (χ3v) is 3.76. The van der Waals surface area contributed by atoms with Crippen molar-refractivity contribution in [3.8, 4) is 5.75 Å². The highest BCUT2D eigenvalue weighted by Gasteiger charge is 2.04. The fraction of sp³-hybridized carbons (Fsp3) is 0.438. The molecule has 0 unspecified atom stereocenters. The molecular weight excluding hydrogens is 304 g/mol. The Bertz CT molecular complexity index is 587. The van der Waals surface area contributed by atoms with Crippen molar-refractivity contribution >= 4 is 11.6 Å². The summed E-state index contributed by atoms with van der Waals surface area (Å²) in [5.41, 5.74) is 1.11. The molecule has 0 aliphatic rings. The third kappa shape index (κ3) is 4.73. The zero-order chi connectivity index (χ0) is 15.8. The van der Waals surface area contributed by atoms with Gasteiger partial charge in [-0.05, 0) is 37.0 Å². The first-order valence-corrected chi connectivity index (χ1v) is 7.63. The average Bonchev–Trinajstić information content (AvgIpc) is 2.98. The van der Waals surface area contributed by atoms with Gasteiger partial charge in [0.15, 0.2) is 6.79 Å². The van der Waals surface area contributed by atoms with E-state index in [0.29, 0.717) is 16.6 Å². The molecule has 1 aromatic carbocycles. The number of imidazole rings is 1. The zero-order valence-corrected chi connectivity index (χ0v) is 13.4. The normalized spacial score (nSPS) is 10.9. The Balaban J connectivity index is 1.79. The Kier molecular flexibility index (Phi) is 6.71. The number of aromatic nitrogens is 2. The molecule has 0 bridgehead atoms. The molecule has 5 nitrogen and oxygen atoms in total. The van der Waals surface area contributed by atoms with Crippen molar-refractivity contribution in [2.75, 3.05) is 13.9 Å². The Morgan fingerprint density at radius 3 is 2.91 bits per heavy atom. The number of rotatable bonds is 9. The molecule has 2 aromatic rings. The SMILES string of the molecule is COCOc1ccc(CCCCn2ccnc2CO)c(Cl)c1. The third-order valence-electron chi connectivity index (χ3n) is 3.41. The molecule has 0 saturated heterocycles. The highest BCUT2D eigenvalue weighted by atomic mass is 35.5. The minimum atomic E-state index is -0.0260. The van der Waals surface area contributed by atoms with Gasteiger partial charge in [-0.15, -0.1) is 0 Å². The van der Waals surface area contributed by atoms with Gasteiger partial charge in [-0.25, -0.2) is 4.98 Å². The first kappa shape index (κ1) is 16.8. The Labute approximate surface area is 135 Å². The van der Waals surface area contributed by atoms with Gasteiger partial charge < -0.3 is 19.1 Å². The lowest BCUT2D eigenvalue weighted by Gasteiger charge is -2.09. The number of halogens is 1. The summed E-state index contributed by atoms with van der Waals surface area (Å²) in [5.74, 6) is 1.42. The van der Waals surface area contributed by atoms with Crippen molar-refractivity contribution in [3.63, 3.8) is 0 Å². The number of aliphatic hydroxyl groups is 1. The van der Waals surface area contributed by atoms with Crippen LogP contribution in [0.15, 0.2) is 30.6 Å². The van der Waals surface area contributed by atoms with Gasteiger partial charge in [-0.2, -0.15) is 0 Å². The molecule has 0 atom stereocenters. The molecule has 1 N–H and O–H groups in total. The summed E-state index contributed by atoms with van der Waals surface area (Å²) >= 11 is 6.27. The predicted molar refractivity (Wildman–Crippen MR) is 85.0 cm³/mol. The fourth-order valence-corrected chi connectivity index (χ4v) is 2.51. The van der Waals surface area contributed by atoms with E-state index < -0.39 is 0 Å². The number of nitrogens with zero attached hydrogens (tertiary/aromatic N) is 2. The monoisotopic (exact) mass is 324 g/mol. The van der Waals surface area contributed by atoms with Crippen LogP contribution in [0.2, 0.25) is 5.02 Å². The lowest BCUT2D eigenvalue weighted by atomic mass is 10.1. The Hall–Kier alpha value is -1.56. The fourth-order valence-electron chi connectivity index (χ4n) is 2.24. The topological polar surface area (TPSA) is 56.5 Å². The maximum atomic E-state index is 9.14. The van der Waals surface area contributed by atoms with E-state index in [-0.39, 0.29) is 13.4 Å². The summed E-state index contributed by atoms with van der Waals surface area (Å²) in [6.45, 7) is 1.04. The molecule has 0 saturated carbocycles. The van der Waals surface area contributed by atoms with Gasteiger partial charge in [0.05, 0.1) is 0 Å². The molecule has 0 aliphatic heterocycles. The smallest absolute Gasteiger partial charge is 0.188 e. The second-order valence-electron chi connectivity index (χ2n) is 4.96. The van der Waals surface area contributed by atoms with Crippen molar-refractivity contribution in [2.24, 2.45) is 0 Å². The van der Waals surface area contributed by atoms with Crippen LogP contribution in [0.3, 0.4) is 0 Å². The molecule has 0 fully saturated rings. The van der Waals surface area contributed by atoms with E-state index >= 15 is 0 Å². The summed E-state index contributed by atoms with van der Waals surface area (Å²) in [6.07, 6.45) is 6.52. The summed E-state index contributed by atoms with van der Waals surface area (Å²) in [4.78, 5) is 4.09. The second-order valence-corrected chi connectivity index (χ2v) is 5.36. The Morgan fingerprint density at radius 1 is 1.32 bits per heavy atom. The van der Waals surface area contributed by atoms with Crippen LogP contribution in [-0.4, -0.2) is 28.6 Å². The molecule has 1 aromatic heterocycles. The minimum Gasteiger partial charge on any atom is -0.468 e. The number of hydrogen-bond donors (Lipinski definition) is 1. The molecule has 120 valence electrons. The number of hydrogen-bond acceptors (Lipinski definition) is 4. The van der Waals surface area contributed by atoms with Crippen LogP contribution in [0.5, 0.6) is 5.75 Å². The van der Waals surface area contributed by atoms with E-state index in [1.54, 1.807) is 13.3 Å². The number of aryl methyl sites for hydroxylation is 2. The Morgan fingerprint density at radius 2 is 2.18 bits per heavy atom. The molecule has 1 heterocycles. The van der Waals surface area contributed by atoms with E-state index in [4.69, 9.17) is 26.2 Å². The van der Waals surface area contributed by atoms with Crippen LogP contribution in [0.4, 0.5) is 0 Å². The zero-order valence-electron chi connectivity index (χ0n) is 12.7. The van der Waals surface area contributed by atoms with Crippen LogP contribution in [-0.2, 0) is 24.3 Å². The van der Waals surface area contributed by atoms with Gasteiger partial charge in [0.25, 0.3) is 0 Å². The quantitative estimate of drug-likeness (QED) is 0.569. The molecule has 0 aliphatic carbocycles. The molecule has 0 radical (unpaired) electrons. The number of aliphatic hydroxyl groups excluding tert-OH is 1. The van der Waals surface area contributed by atoms with Gasteiger partial charge in [-0.3, -0.25) is 0 Å². The van der Waals surface area contributed by atoms with Gasteiger partial charge in [0, 0.05) is 31.1 Å². The highest BCUT2D eigenvalue weighted by Crippen LogP contribution is 2.24. The van der Waals surface area contributed by atoms with Gasteiger partial charge in [0.2, 0.25) is 0 Å². The second kappa shape index (κ2) is 8.78. The average molecular weight is 325 g/mol. The number of benzene rings is 1. The molecule has 0 amide bonds. The van der Waals surface area contributed by atoms with Crippen LogP contribution < -0.4 is 4.74 Å². The van der Waals surface area contributed by atoms with Crippen LogP contribution in [0.25, 0.3) is 0 Å². The van der Waals surface area contributed by atoms with Crippen LogP contribution in [0, 0.1) is 0 Å². The summed E-state index contributed by atoms with van der Waals surface area (Å²) in [7, 11) is 1.58. The van der Waals surface area contributed by atoms with Crippen molar-refractivity contribution in [2.45, 2.75) is 32.4 Å². The summed E-state index contributed by atoms with van der Waals surface area (Å²) < 4.78 is 12.2. The highest BCUT2D eigenvalue weighted by molar-refractivity contribution is 6.31. The lowest BCUT2D eigenvalue weighted by molar-refractivity contribution is 0.0511. The van der Waals surface area contributed by atoms with Crippen molar-refractivity contribution in [1.82, 2.24) is 9.55 Å². The van der Waals surface area contributed by atoms with Crippen LogP contribution >= 0.6 is 11.6 Å². The largest absolute Gasteiger partial charge is 0.468 e. The first-order chi connectivity index (χ1) is 10.7. The van der Waals surface area contributed by atoms with Gasteiger partial charge >= 0.3 is 0 Å². The molecule has 6 heteroatoms. The molecule has 0 spiro atoms. The van der Waals surface area contributed by atoms with Crippen molar-refractivity contribution in [3.05, 3.63) is 47.0 Å². The van der Waals surface area contributed by atoms with Crippen LogP contribution in [0.1, 0.15) is 24.2 Å². The lowest BCUT2D eigenvalue weighted by Crippen LogP contribution is -2.03. The van der Waals surface area contributed by atoms with Crippen molar-refractivity contribution in [1.29, 1.82) is 0 Å². The number of methoxy groups -OCH3 is 1. The first-order valence-electron chi connectivity index (χ1n) is 7.25. The van der Waals surface area contributed by atoms with E-state index in [1.807, 2.05) is 29.0 Å². The maximum absolute atomic E-state index is 9.14.